The molecule has 1 saturated carbocycles. The first kappa shape index (κ1) is 32.7. The van der Waals surface area contributed by atoms with E-state index < -0.39 is 17.7 Å². The van der Waals surface area contributed by atoms with Gasteiger partial charge in [0.15, 0.2) is 11.6 Å². The van der Waals surface area contributed by atoms with Gasteiger partial charge in [-0.05, 0) is 33.6 Å². The number of esters is 1. The Bertz CT molecular complexity index is 1710. The Morgan fingerprint density at radius 3 is 2.61 bits per heavy atom. The normalized spacial score (nSPS) is 23.8. The minimum absolute atomic E-state index is 0.0401. The number of piperazine rings is 1. The Labute approximate surface area is 293 Å². The number of aromatic nitrogens is 2. The maximum Gasteiger partial charge on any atom is 0.410 e. The van der Waals surface area contributed by atoms with E-state index in [4.69, 9.17) is 34.6 Å². The number of morpholine rings is 1. The highest BCUT2D eigenvalue weighted by atomic mass is 32.2. The van der Waals surface area contributed by atoms with Crippen molar-refractivity contribution in [1.82, 2.24) is 19.8 Å². The van der Waals surface area contributed by atoms with E-state index >= 15 is 0 Å². The van der Waals surface area contributed by atoms with Crippen LogP contribution in [0.15, 0.2) is 0 Å². The molecule has 2 aromatic heterocycles. The summed E-state index contributed by atoms with van der Waals surface area (Å²) in [5, 5.41) is 10.5. The Morgan fingerprint density at radius 1 is 1.14 bits per heavy atom. The van der Waals surface area contributed by atoms with Crippen molar-refractivity contribution in [3.63, 3.8) is 0 Å². The molecule has 5 aliphatic heterocycles. The van der Waals surface area contributed by atoms with Gasteiger partial charge in [-0.25, -0.2) is 9.59 Å². The quantitative estimate of drug-likeness (QED) is 0.436. The number of ether oxygens (including phenoxy) is 4. The summed E-state index contributed by atoms with van der Waals surface area (Å²) in [6, 6.07) is 2.24. The van der Waals surface area contributed by atoms with Gasteiger partial charge in [0.05, 0.1) is 36.2 Å². The van der Waals surface area contributed by atoms with Gasteiger partial charge in [0.25, 0.3) is 0 Å². The van der Waals surface area contributed by atoms with Crippen LogP contribution < -0.4 is 20.3 Å². The number of fused-ring (bicyclic) bond motifs is 5. The Kier molecular flexibility index (Phi) is 8.05. The van der Waals surface area contributed by atoms with Crippen LogP contribution in [-0.2, 0) is 24.7 Å². The summed E-state index contributed by atoms with van der Waals surface area (Å²) >= 11 is 3.30. The predicted molar refractivity (Wildman–Crippen MR) is 184 cm³/mol. The van der Waals surface area contributed by atoms with Crippen LogP contribution in [0.5, 0.6) is 6.01 Å². The number of hydrogen-bond acceptors (Lipinski definition) is 15. The molecule has 0 radical (unpaired) electrons. The number of thiophene rings is 1. The fourth-order valence-corrected chi connectivity index (χ4v) is 10.3. The van der Waals surface area contributed by atoms with E-state index in [9.17, 15) is 14.9 Å². The van der Waals surface area contributed by atoms with E-state index in [1.54, 1.807) is 4.90 Å². The van der Waals surface area contributed by atoms with Gasteiger partial charge in [-0.3, -0.25) is 4.90 Å². The summed E-state index contributed by atoms with van der Waals surface area (Å²) in [4.78, 5) is 46.0. The topological polar surface area (TPSA) is 160 Å². The predicted octanol–water partition coefficient (Wildman–Crippen LogP) is 3.04. The molecular weight excluding hydrogens is 669 g/mol. The molecule has 3 saturated heterocycles. The number of hydrogen-bond donors (Lipinski definition) is 1. The molecule has 4 fully saturated rings. The van der Waals surface area contributed by atoms with E-state index in [0.29, 0.717) is 67.1 Å². The van der Waals surface area contributed by atoms with Gasteiger partial charge in [-0.2, -0.15) is 15.2 Å². The maximum absolute atomic E-state index is 13.8. The molecule has 2 aromatic rings. The molecule has 49 heavy (non-hydrogen) atoms. The molecule has 0 unspecified atom stereocenters. The zero-order valence-corrected chi connectivity index (χ0v) is 29.8. The van der Waals surface area contributed by atoms with Gasteiger partial charge in [0.2, 0.25) is 0 Å². The van der Waals surface area contributed by atoms with E-state index in [1.807, 2.05) is 32.5 Å². The fraction of sp³-hybridized carbons (Fsp3) is 0.667. The van der Waals surface area contributed by atoms with Crippen LogP contribution in [0.1, 0.15) is 60.0 Å². The number of nitriles is 1. The van der Waals surface area contributed by atoms with Crippen molar-refractivity contribution in [2.75, 3.05) is 94.3 Å². The van der Waals surface area contributed by atoms with E-state index in [2.05, 4.69) is 20.8 Å². The number of carbonyl (C=O) groups is 2. The summed E-state index contributed by atoms with van der Waals surface area (Å²) in [5.74, 6) is 1.23. The number of carbonyl (C=O) groups excluding carboxylic acids is 2. The lowest BCUT2D eigenvalue weighted by molar-refractivity contribution is 0.0180. The fourth-order valence-electron chi connectivity index (χ4n) is 7.53. The number of nitrogens with zero attached hydrogens (tertiary/aromatic N) is 7. The highest BCUT2D eigenvalue weighted by molar-refractivity contribution is 8.00. The molecular formula is C33H42N8O6S2. The number of nitrogens with two attached hydrogens (primary N) is 1. The van der Waals surface area contributed by atoms with Gasteiger partial charge < -0.3 is 39.4 Å². The van der Waals surface area contributed by atoms with Crippen molar-refractivity contribution in [1.29, 1.82) is 5.26 Å². The lowest BCUT2D eigenvalue weighted by atomic mass is 9.88. The number of thioether (sulfide) groups is 1. The number of cyclic esters (lactones) is 1. The van der Waals surface area contributed by atoms with Crippen molar-refractivity contribution >= 4 is 51.8 Å². The Balaban J connectivity index is 1.10. The SMILES string of the molecule is CC(C)(C)OC(=O)N1CCN2c3nc(OCC4(CN5CCOCC5)CC4)nc(N4CC5(C4)SCc4sc(N)c(C#N)c45)c3C(=O)OC[C@H]2C1. The van der Waals surface area contributed by atoms with E-state index in [0.717, 1.165) is 61.9 Å². The lowest BCUT2D eigenvalue weighted by Gasteiger charge is -2.49. The van der Waals surface area contributed by atoms with Crippen LogP contribution in [0.25, 0.3) is 0 Å². The summed E-state index contributed by atoms with van der Waals surface area (Å²) < 4.78 is 23.2. The standard InChI is InChI=1S/C33H42N8O6S2/c1-31(2,3)47-30(43)39-6-7-41-20(13-39)14-45-28(42)23-26(40-17-33(18-40)24-21(12-34)25(35)49-22(24)15-48-33)36-29(37-27(23)41)46-19-32(4-5-32)16-38-8-10-44-11-9-38/h20H,4-11,13-19,35H2,1-3H3/t20-/m1/s1. The molecule has 1 spiro atoms. The summed E-state index contributed by atoms with van der Waals surface area (Å²) in [6.45, 7) is 12.6. The first-order valence-electron chi connectivity index (χ1n) is 16.9. The second-order valence-corrected chi connectivity index (χ2v) is 17.5. The van der Waals surface area contributed by atoms with Crippen LogP contribution >= 0.6 is 23.1 Å². The number of nitrogen functional groups attached to an aromatic ring is 1. The van der Waals surface area contributed by atoms with E-state index in [-0.39, 0.29) is 28.8 Å². The zero-order chi connectivity index (χ0) is 34.1. The van der Waals surface area contributed by atoms with Gasteiger partial charge >= 0.3 is 18.1 Å². The Hall–Kier alpha value is -3.52. The number of amides is 1. The molecule has 1 atom stereocenters. The Morgan fingerprint density at radius 2 is 1.90 bits per heavy atom. The third kappa shape index (κ3) is 6.02. The van der Waals surface area contributed by atoms with Crippen molar-refractivity contribution in [2.24, 2.45) is 5.41 Å². The smallest absolute Gasteiger partial charge is 0.410 e. The van der Waals surface area contributed by atoms with Crippen molar-refractivity contribution in [3.8, 4) is 12.1 Å². The molecule has 1 amide bonds. The van der Waals surface area contributed by atoms with Gasteiger partial charge in [-0.1, -0.05) is 0 Å². The first-order valence-corrected chi connectivity index (χ1v) is 18.7. The van der Waals surface area contributed by atoms with Crippen molar-refractivity contribution < 1.29 is 28.5 Å². The molecule has 0 aromatic carbocycles. The third-order valence-corrected chi connectivity index (χ3v) is 12.9. The molecule has 0 bridgehead atoms. The summed E-state index contributed by atoms with van der Waals surface area (Å²) in [7, 11) is 0. The minimum atomic E-state index is -0.624. The monoisotopic (exact) mass is 710 g/mol. The first-order chi connectivity index (χ1) is 23.5. The van der Waals surface area contributed by atoms with Gasteiger partial charge in [0, 0.05) is 74.0 Å². The number of rotatable bonds is 6. The summed E-state index contributed by atoms with van der Waals surface area (Å²) in [5.41, 5.74) is 7.54. The third-order valence-electron chi connectivity index (χ3n) is 10.2. The van der Waals surface area contributed by atoms with Crippen LogP contribution in [0.2, 0.25) is 0 Å². The second kappa shape index (κ2) is 12.1. The average molecular weight is 711 g/mol. The second-order valence-electron chi connectivity index (χ2n) is 15.0. The molecule has 2 N–H and O–H groups in total. The highest BCUT2D eigenvalue weighted by Gasteiger charge is 2.54. The molecule has 8 rings (SSSR count). The van der Waals surface area contributed by atoms with Crippen LogP contribution in [0, 0.1) is 16.7 Å². The van der Waals surface area contributed by atoms with Crippen LogP contribution in [0.3, 0.4) is 0 Å². The minimum Gasteiger partial charge on any atom is -0.463 e. The average Bonchev–Trinajstić information content (AvgIpc) is 3.64. The molecule has 262 valence electrons. The lowest BCUT2D eigenvalue weighted by Crippen LogP contribution is -2.58. The zero-order valence-electron chi connectivity index (χ0n) is 28.2. The number of anilines is 3. The maximum atomic E-state index is 13.8. The van der Waals surface area contributed by atoms with Crippen molar-refractivity contribution in [3.05, 3.63) is 21.6 Å². The van der Waals surface area contributed by atoms with Crippen LogP contribution in [-0.4, -0.2) is 122 Å². The highest BCUT2D eigenvalue weighted by Crippen LogP contribution is 2.58. The molecule has 14 nitrogen and oxygen atoms in total. The molecule has 6 aliphatic rings. The van der Waals surface area contributed by atoms with Crippen LogP contribution in [0.4, 0.5) is 21.4 Å². The molecule has 16 heteroatoms. The van der Waals surface area contributed by atoms with Crippen molar-refractivity contribution in [2.45, 2.75) is 55.8 Å². The largest absolute Gasteiger partial charge is 0.463 e. The summed E-state index contributed by atoms with van der Waals surface area (Å²) in [6.07, 6.45) is 1.75. The van der Waals surface area contributed by atoms with Gasteiger partial charge in [-0.15, -0.1) is 23.1 Å². The molecule has 1 aliphatic carbocycles. The van der Waals surface area contributed by atoms with Gasteiger partial charge in [0.1, 0.15) is 28.8 Å². The molecule has 7 heterocycles. The van der Waals surface area contributed by atoms with E-state index in [1.165, 1.54) is 11.3 Å².